The van der Waals surface area contributed by atoms with E-state index >= 15 is 0 Å². The number of fused-ring (bicyclic) bond motifs is 1. The van der Waals surface area contributed by atoms with Gasteiger partial charge in [0, 0.05) is 38.5 Å². The molecule has 1 aromatic heterocycles. The van der Waals surface area contributed by atoms with E-state index in [9.17, 15) is 22.3 Å². The highest BCUT2D eigenvalue weighted by Gasteiger charge is 2.43. The van der Waals surface area contributed by atoms with Crippen LogP contribution in [0.5, 0.6) is 5.75 Å². The Morgan fingerprint density at radius 1 is 1.12 bits per heavy atom. The third-order valence-corrected chi connectivity index (χ3v) is 8.16. The second kappa shape index (κ2) is 12.8. The molecule has 0 aliphatic carbocycles. The molecule has 1 aliphatic rings. The third kappa shape index (κ3) is 6.48. The Hall–Kier alpha value is -4.21. The lowest BCUT2D eigenvalue weighted by molar-refractivity contribution is 0.159. The number of nitrogens with zero attached hydrogens (tertiary/aromatic N) is 6. The molecule has 1 aliphatic heterocycles. The summed E-state index contributed by atoms with van der Waals surface area (Å²) in [6.45, 7) is 4.08. The molecule has 1 unspecified atom stereocenters. The first-order chi connectivity index (χ1) is 20.0. The Morgan fingerprint density at radius 2 is 1.83 bits per heavy atom. The second-order valence-corrected chi connectivity index (χ2v) is 11.4. The highest BCUT2D eigenvalue weighted by atomic mass is 32.2. The molecule has 2 aromatic carbocycles. The summed E-state index contributed by atoms with van der Waals surface area (Å²) in [5, 5.41) is 16.3. The van der Waals surface area contributed by atoms with Gasteiger partial charge in [-0.05, 0) is 38.4 Å². The molecule has 226 valence electrons. The van der Waals surface area contributed by atoms with Gasteiger partial charge >= 0.3 is 10.2 Å². The number of aliphatic hydroxyl groups is 1. The fraction of sp³-hybridized carbons (Fsp3) is 0.333. The highest BCUT2D eigenvalue weighted by molar-refractivity contribution is 7.95. The number of para-hydroxylation sites is 2. The molecule has 0 saturated carbocycles. The van der Waals surface area contributed by atoms with Gasteiger partial charge in [-0.1, -0.05) is 18.7 Å². The summed E-state index contributed by atoms with van der Waals surface area (Å²) >= 11 is 0. The van der Waals surface area contributed by atoms with Gasteiger partial charge in [0.25, 0.3) is 6.43 Å². The van der Waals surface area contributed by atoms with Gasteiger partial charge in [0.1, 0.15) is 12.0 Å². The Bertz CT molecular complexity index is 1530. The lowest BCUT2D eigenvalue weighted by Gasteiger charge is -2.27. The summed E-state index contributed by atoms with van der Waals surface area (Å²) in [5.41, 5.74) is 2.03. The zero-order valence-corrected chi connectivity index (χ0v) is 24.5. The standard InChI is InChI=1S/C27H34F2N8O4S/c1-6-26(38)31-18-15-19(23(41-5)16-22(18)35(4)14-13-34(2)3)32-27-30-12-11-25(33-27)37-21-10-8-7-9-20(21)36(17-24(28)29)42(37,39)40/h6-12,15-16,24,26,31,38H,1,13-14,17H2,2-5H3,(H,30,32,33). The van der Waals surface area contributed by atoms with Crippen molar-refractivity contribution in [1.29, 1.82) is 0 Å². The smallest absolute Gasteiger partial charge is 0.332 e. The molecule has 1 atom stereocenters. The normalized spacial score (nSPS) is 14.6. The van der Waals surface area contributed by atoms with Gasteiger partial charge in [0.15, 0.2) is 5.82 Å². The van der Waals surface area contributed by atoms with E-state index in [0.29, 0.717) is 28.0 Å². The summed E-state index contributed by atoms with van der Waals surface area (Å²) in [4.78, 5) is 12.7. The number of alkyl halides is 2. The molecule has 2 heterocycles. The number of benzene rings is 2. The van der Waals surface area contributed by atoms with Crippen LogP contribution in [0.2, 0.25) is 0 Å². The lowest BCUT2D eigenvalue weighted by atomic mass is 10.2. The van der Waals surface area contributed by atoms with Crippen LogP contribution in [0, 0.1) is 0 Å². The first-order valence-corrected chi connectivity index (χ1v) is 14.3. The van der Waals surface area contributed by atoms with Crippen molar-refractivity contribution in [3.63, 3.8) is 0 Å². The molecule has 3 N–H and O–H groups in total. The monoisotopic (exact) mass is 604 g/mol. The van der Waals surface area contributed by atoms with Crippen molar-refractivity contribution in [2.75, 3.05) is 72.0 Å². The minimum Gasteiger partial charge on any atom is -0.494 e. The number of hydrogen-bond donors (Lipinski definition) is 3. The van der Waals surface area contributed by atoms with Crippen molar-refractivity contribution in [2.45, 2.75) is 12.7 Å². The fourth-order valence-electron chi connectivity index (χ4n) is 4.35. The quantitative estimate of drug-likeness (QED) is 0.197. The molecule has 0 saturated heterocycles. The summed E-state index contributed by atoms with van der Waals surface area (Å²) in [5.74, 6) is 0.405. The maximum atomic E-state index is 13.4. The van der Waals surface area contributed by atoms with Gasteiger partial charge in [-0.15, -0.1) is 0 Å². The van der Waals surface area contributed by atoms with E-state index < -0.39 is 29.4 Å². The number of aliphatic hydroxyl groups excluding tert-OH is 1. The first kappa shape index (κ1) is 30.7. The molecule has 0 amide bonds. The molecule has 4 rings (SSSR count). The molecule has 0 fully saturated rings. The van der Waals surface area contributed by atoms with Crippen LogP contribution in [0.1, 0.15) is 0 Å². The van der Waals surface area contributed by atoms with Crippen molar-refractivity contribution in [3.05, 3.63) is 61.3 Å². The summed E-state index contributed by atoms with van der Waals surface area (Å²) in [6.07, 6.45) is -1.22. The van der Waals surface area contributed by atoms with Crippen LogP contribution >= 0.6 is 0 Å². The third-order valence-electron chi connectivity index (χ3n) is 6.42. The SMILES string of the molecule is C=CC(O)Nc1cc(Nc2nccc(N3c4ccccc4N(CC(F)F)S3(=O)=O)n2)c(OC)cc1N(C)CCN(C)C. The number of aromatic nitrogens is 2. The van der Waals surface area contributed by atoms with Gasteiger partial charge < -0.3 is 30.3 Å². The van der Waals surface area contributed by atoms with Crippen LogP contribution in [0.4, 0.5) is 49.0 Å². The lowest BCUT2D eigenvalue weighted by Crippen LogP contribution is -2.38. The zero-order valence-electron chi connectivity index (χ0n) is 23.7. The number of likely N-dealkylation sites (N-methyl/N-ethyl adjacent to an activating group) is 2. The summed E-state index contributed by atoms with van der Waals surface area (Å²) in [7, 11) is 2.95. The molecule has 3 aromatic rings. The van der Waals surface area contributed by atoms with Crippen LogP contribution in [-0.4, -0.2) is 88.9 Å². The van der Waals surface area contributed by atoms with E-state index in [1.165, 1.54) is 37.6 Å². The van der Waals surface area contributed by atoms with E-state index in [1.807, 2.05) is 30.9 Å². The van der Waals surface area contributed by atoms with Gasteiger partial charge in [-0.3, -0.25) is 0 Å². The minimum absolute atomic E-state index is 0.0229. The average Bonchev–Trinajstić information content (AvgIpc) is 3.17. The van der Waals surface area contributed by atoms with Gasteiger partial charge in [-0.25, -0.2) is 22.4 Å². The van der Waals surface area contributed by atoms with E-state index in [-0.39, 0.29) is 23.1 Å². The number of rotatable bonds is 13. The largest absolute Gasteiger partial charge is 0.494 e. The number of anilines is 7. The maximum absolute atomic E-state index is 13.4. The molecule has 0 bridgehead atoms. The summed E-state index contributed by atoms with van der Waals surface area (Å²) in [6, 6.07) is 11.0. The molecule has 15 heteroatoms. The van der Waals surface area contributed by atoms with Gasteiger partial charge in [0.05, 0.1) is 42.1 Å². The number of hydrogen-bond acceptors (Lipinski definition) is 10. The fourth-order valence-corrected chi connectivity index (χ4v) is 5.99. The number of nitrogens with one attached hydrogen (secondary N) is 2. The van der Waals surface area contributed by atoms with Crippen LogP contribution in [0.15, 0.2) is 61.3 Å². The number of ether oxygens (including phenoxy) is 1. The average molecular weight is 605 g/mol. The molecule has 12 nitrogen and oxygen atoms in total. The van der Waals surface area contributed by atoms with Crippen molar-refractivity contribution in [1.82, 2.24) is 14.9 Å². The Labute approximate surface area is 244 Å². The van der Waals surface area contributed by atoms with Crippen LogP contribution in [-0.2, 0) is 10.2 Å². The van der Waals surface area contributed by atoms with Crippen LogP contribution in [0.3, 0.4) is 0 Å². The Kier molecular flexibility index (Phi) is 9.33. The molecule has 0 radical (unpaired) electrons. The predicted molar refractivity (Wildman–Crippen MR) is 161 cm³/mol. The Balaban J connectivity index is 1.72. The zero-order chi connectivity index (χ0) is 30.6. The van der Waals surface area contributed by atoms with Crippen LogP contribution < -0.4 is 28.9 Å². The van der Waals surface area contributed by atoms with E-state index in [4.69, 9.17) is 4.74 Å². The first-order valence-electron chi connectivity index (χ1n) is 12.9. The van der Waals surface area contributed by atoms with E-state index in [0.717, 1.165) is 16.5 Å². The molecule has 42 heavy (non-hydrogen) atoms. The predicted octanol–water partition coefficient (Wildman–Crippen LogP) is 3.61. The van der Waals surface area contributed by atoms with Crippen molar-refractivity contribution in [2.24, 2.45) is 0 Å². The Morgan fingerprint density at radius 3 is 2.48 bits per heavy atom. The maximum Gasteiger partial charge on any atom is 0.332 e. The van der Waals surface area contributed by atoms with E-state index in [1.54, 1.807) is 24.3 Å². The van der Waals surface area contributed by atoms with Crippen LogP contribution in [0.25, 0.3) is 0 Å². The number of methoxy groups -OCH3 is 1. The molecule has 0 spiro atoms. The van der Waals surface area contributed by atoms with Crippen molar-refractivity contribution in [3.8, 4) is 5.75 Å². The minimum atomic E-state index is -4.40. The van der Waals surface area contributed by atoms with E-state index in [2.05, 4.69) is 27.2 Å². The summed E-state index contributed by atoms with van der Waals surface area (Å²) < 4.78 is 60.6. The second-order valence-electron chi connectivity index (χ2n) is 9.67. The molecular weight excluding hydrogens is 570 g/mol. The van der Waals surface area contributed by atoms with Crippen molar-refractivity contribution < 1.29 is 27.0 Å². The van der Waals surface area contributed by atoms with Gasteiger partial charge in [-0.2, -0.15) is 13.4 Å². The molecular formula is C27H34F2N8O4S. The van der Waals surface area contributed by atoms with Gasteiger partial charge in [0.2, 0.25) is 5.95 Å². The number of halogens is 2. The van der Waals surface area contributed by atoms with Crippen molar-refractivity contribution >= 4 is 50.4 Å². The highest BCUT2D eigenvalue weighted by Crippen LogP contribution is 2.45. The topological polar surface area (TPSA) is 126 Å².